The van der Waals surface area contributed by atoms with Gasteiger partial charge in [-0.05, 0) is 66.1 Å². The molecule has 1 N–H and O–H groups in total. The van der Waals surface area contributed by atoms with Crippen LogP contribution in [-0.2, 0) is 32.6 Å². The Balaban J connectivity index is 1.80. The fourth-order valence-electron chi connectivity index (χ4n) is 4.80. The molecule has 4 rings (SSSR count). The first-order valence-electron chi connectivity index (χ1n) is 14.8. The highest BCUT2D eigenvalue weighted by molar-refractivity contribution is 7.92. The van der Waals surface area contributed by atoms with Gasteiger partial charge >= 0.3 is 0 Å². The van der Waals surface area contributed by atoms with Crippen LogP contribution in [0.25, 0.3) is 0 Å². The van der Waals surface area contributed by atoms with Crippen LogP contribution in [0.2, 0.25) is 5.02 Å². The normalized spacial score (nSPS) is 12.0. The molecule has 0 aliphatic rings. The SMILES string of the molecule is COc1ccc(S(=O)(=O)N(CC(=O)N(Cc2ccccc2F)[C@H](Cc2ccccc2)C(=O)NCC(C)C)c2ccc(Cl)cc2)cc1. The Bertz CT molecular complexity index is 1720. The van der Waals surface area contributed by atoms with Gasteiger partial charge in [-0.2, -0.15) is 0 Å². The second-order valence-electron chi connectivity index (χ2n) is 11.1. The molecule has 8 nitrogen and oxygen atoms in total. The van der Waals surface area contributed by atoms with Crippen LogP contribution in [0, 0.1) is 11.7 Å². The third kappa shape index (κ3) is 8.86. The Morgan fingerprint density at radius 1 is 0.891 bits per heavy atom. The first-order chi connectivity index (χ1) is 22.0. The van der Waals surface area contributed by atoms with Crippen molar-refractivity contribution < 1.29 is 27.1 Å². The van der Waals surface area contributed by atoms with E-state index in [1.807, 2.05) is 44.2 Å². The predicted octanol–water partition coefficient (Wildman–Crippen LogP) is 6.10. The smallest absolute Gasteiger partial charge is 0.264 e. The summed E-state index contributed by atoms with van der Waals surface area (Å²) < 4.78 is 49.4. The van der Waals surface area contributed by atoms with Gasteiger partial charge in [0.05, 0.1) is 17.7 Å². The molecule has 0 spiro atoms. The second kappa shape index (κ2) is 15.7. The molecule has 0 aliphatic heterocycles. The maximum Gasteiger partial charge on any atom is 0.264 e. The van der Waals surface area contributed by atoms with E-state index in [2.05, 4.69) is 5.32 Å². The van der Waals surface area contributed by atoms with Gasteiger partial charge in [-0.15, -0.1) is 0 Å². The molecule has 242 valence electrons. The minimum atomic E-state index is -4.32. The van der Waals surface area contributed by atoms with Crippen LogP contribution in [0.4, 0.5) is 10.1 Å². The first-order valence-corrected chi connectivity index (χ1v) is 16.6. The molecule has 0 unspecified atom stereocenters. The first kappa shape index (κ1) is 34.5. The molecular formula is C35H37ClFN3O5S. The molecule has 0 heterocycles. The predicted molar refractivity (Wildman–Crippen MR) is 178 cm³/mol. The van der Waals surface area contributed by atoms with Gasteiger partial charge in [0, 0.05) is 30.1 Å². The summed E-state index contributed by atoms with van der Waals surface area (Å²) in [6, 6.07) is 25.9. The summed E-state index contributed by atoms with van der Waals surface area (Å²) in [4.78, 5) is 29.4. The number of sulfonamides is 1. The third-order valence-electron chi connectivity index (χ3n) is 7.30. The summed E-state index contributed by atoms with van der Waals surface area (Å²) in [6.07, 6.45) is 0.122. The summed E-state index contributed by atoms with van der Waals surface area (Å²) in [5.41, 5.74) is 1.14. The Hall–Kier alpha value is -4.41. The highest BCUT2D eigenvalue weighted by Gasteiger charge is 2.35. The molecule has 4 aromatic carbocycles. The summed E-state index contributed by atoms with van der Waals surface area (Å²) >= 11 is 6.11. The van der Waals surface area contributed by atoms with Crippen molar-refractivity contribution in [2.75, 3.05) is 24.5 Å². The number of nitrogens with one attached hydrogen (secondary N) is 1. The van der Waals surface area contributed by atoms with Crippen LogP contribution in [0.3, 0.4) is 0 Å². The van der Waals surface area contributed by atoms with Crippen molar-refractivity contribution in [2.24, 2.45) is 5.92 Å². The lowest BCUT2D eigenvalue weighted by molar-refractivity contribution is -0.140. The Labute approximate surface area is 274 Å². The van der Waals surface area contributed by atoms with Gasteiger partial charge in [0.15, 0.2) is 0 Å². The maximum atomic E-state index is 15.0. The molecule has 0 fully saturated rings. The van der Waals surface area contributed by atoms with Gasteiger partial charge in [-0.1, -0.05) is 74.0 Å². The molecule has 4 aromatic rings. The van der Waals surface area contributed by atoms with Crippen LogP contribution in [0.15, 0.2) is 108 Å². The Morgan fingerprint density at radius 3 is 2.13 bits per heavy atom. The summed E-state index contributed by atoms with van der Waals surface area (Å²) in [5, 5.41) is 3.29. The minimum absolute atomic E-state index is 0.0767. The van der Waals surface area contributed by atoms with Crippen molar-refractivity contribution in [3.05, 3.63) is 125 Å². The number of hydrogen-bond acceptors (Lipinski definition) is 5. The molecule has 0 saturated carbocycles. The molecular weight excluding hydrogens is 629 g/mol. The topological polar surface area (TPSA) is 96.0 Å². The van der Waals surface area contributed by atoms with Crippen molar-refractivity contribution >= 4 is 39.1 Å². The van der Waals surface area contributed by atoms with E-state index >= 15 is 4.39 Å². The zero-order valence-corrected chi connectivity index (χ0v) is 27.5. The van der Waals surface area contributed by atoms with Crippen LogP contribution < -0.4 is 14.4 Å². The number of ether oxygens (including phenoxy) is 1. The number of amides is 2. The van der Waals surface area contributed by atoms with Gasteiger partial charge in [0.2, 0.25) is 11.8 Å². The average molecular weight is 666 g/mol. The molecule has 46 heavy (non-hydrogen) atoms. The molecule has 0 bridgehead atoms. The van der Waals surface area contributed by atoms with E-state index in [9.17, 15) is 18.0 Å². The average Bonchev–Trinajstić information content (AvgIpc) is 3.05. The van der Waals surface area contributed by atoms with Crippen LogP contribution in [0.1, 0.15) is 25.0 Å². The van der Waals surface area contributed by atoms with Crippen molar-refractivity contribution in [3.8, 4) is 5.75 Å². The largest absolute Gasteiger partial charge is 0.497 e. The number of methoxy groups -OCH3 is 1. The minimum Gasteiger partial charge on any atom is -0.497 e. The number of carbonyl (C=O) groups is 2. The number of nitrogens with zero attached hydrogens (tertiary/aromatic N) is 2. The number of rotatable bonds is 14. The molecule has 1 atom stereocenters. The number of anilines is 1. The molecule has 0 radical (unpaired) electrons. The monoisotopic (exact) mass is 665 g/mol. The van der Waals surface area contributed by atoms with E-state index in [4.69, 9.17) is 16.3 Å². The number of carbonyl (C=O) groups excluding carboxylic acids is 2. The highest BCUT2D eigenvalue weighted by Crippen LogP contribution is 2.27. The summed E-state index contributed by atoms with van der Waals surface area (Å²) in [7, 11) is -2.85. The molecule has 0 aliphatic carbocycles. The lowest BCUT2D eigenvalue weighted by Gasteiger charge is -2.34. The van der Waals surface area contributed by atoms with Crippen molar-refractivity contribution in [1.29, 1.82) is 0 Å². The molecule has 0 aromatic heterocycles. The summed E-state index contributed by atoms with van der Waals surface area (Å²) in [5.74, 6) is -1.09. The van der Waals surface area contributed by atoms with Crippen LogP contribution >= 0.6 is 11.6 Å². The van der Waals surface area contributed by atoms with E-state index in [0.717, 1.165) is 9.87 Å². The van der Waals surface area contributed by atoms with Gasteiger partial charge in [-0.25, -0.2) is 12.8 Å². The van der Waals surface area contributed by atoms with Gasteiger partial charge < -0.3 is 15.0 Å². The fourth-order valence-corrected chi connectivity index (χ4v) is 6.34. The van der Waals surface area contributed by atoms with Gasteiger partial charge in [-0.3, -0.25) is 13.9 Å². The van der Waals surface area contributed by atoms with E-state index in [0.29, 0.717) is 17.3 Å². The third-order valence-corrected chi connectivity index (χ3v) is 9.34. The van der Waals surface area contributed by atoms with Gasteiger partial charge in [0.1, 0.15) is 24.2 Å². The lowest BCUT2D eigenvalue weighted by Crippen LogP contribution is -2.53. The van der Waals surface area contributed by atoms with E-state index in [1.54, 1.807) is 6.07 Å². The number of halogens is 2. The highest BCUT2D eigenvalue weighted by atomic mass is 35.5. The van der Waals surface area contributed by atoms with E-state index in [1.165, 1.54) is 78.7 Å². The number of hydrogen-bond donors (Lipinski definition) is 1. The zero-order valence-electron chi connectivity index (χ0n) is 25.9. The second-order valence-corrected chi connectivity index (χ2v) is 13.4. The molecule has 0 saturated heterocycles. The quantitative estimate of drug-likeness (QED) is 0.176. The zero-order chi connectivity index (χ0) is 33.3. The van der Waals surface area contributed by atoms with Crippen LogP contribution in [-0.4, -0.2) is 51.4 Å². The Kier molecular flexibility index (Phi) is 11.8. The maximum absolute atomic E-state index is 15.0. The fraction of sp³-hybridized carbons (Fsp3) is 0.257. The van der Waals surface area contributed by atoms with Crippen molar-refractivity contribution in [2.45, 2.75) is 37.8 Å². The lowest BCUT2D eigenvalue weighted by atomic mass is 10.0. The summed E-state index contributed by atoms with van der Waals surface area (Å²) in [6.45, 7) is 3.31. The Morgan fingerprint density at radius 2 is 1.52 bits per heavy atom. The van der Waals surface area contributed by atoms with Crippen molar-refractivity contribution in [3.63, 3.8) is 0 Å². The standard InChI is InChI=1S/C35H37ClFN3O5S/c1-25(2)22-38-35(42)33(21-26-9-5-4-6-10-26)39(23-27-11-7-8-12-32(27)37)34(41)24-40(29-15-13-28(36)14-16-29)46(43,44)31-19-17-30(45-3)18-20-31/h4-20,25,33H,21-24H2,1-3H3,(H,38,42)/t33-/m1/s1. The van der Waals surface area contributed by atoms with E-state index < -0.39 is 40.2 Å². The number of benzene rings is 4. The van der Waals surface area contributed by atoms with Crippen molar-refractivity contribution in [1.82, 2.24) is 10.2 Å². The molecule has 11 heteroatoms. The van der Waals surface area contributed by atoms with Gasteiger partial charge in [0.25, 0.3) is 10.0 Å². The van der Waals surface area contributed by atoms with E-state index in [-0.39, 0.29) is 35.0 Å². The van der Waals surface area contributed by atoms with Crippen LogP contribution in [0.5, 0.6) is 5.75 Å². The molecule has 2 amide bonds.